The van der Waals surface area contributed by atoms with E-state index in [2.05, 4.69) is 36.4 Å². The van der Waals surface area contributed by atoms with Crippen molar-refractivity contribution in [1.82, 2.24) is 25.1 Å². The molecule has 8 heteroatoms. The van der Waals surface area contributed by atoms with Crippen molar-refractivity contribution in [2.24, 2.45) is 11.3 Å². The first-order valence-electron chi connectivity index (χ1n) is 10.6. The molecule has 2 heterocycles. The maximum atomic E-state index is 13.0. The topological polar surface area (TPSA) is 96.3 Å². The van der Waals surface area contributed by atoms with Crippen LogP contribution in [0.1, 0.15) is 59.3 Å². The van der Waals surface area contributed by atoms with Crippen molar-refractivity contribution in [1.29, 1.82) is 0 Å². The number of hydrogen-bond donors (Lipinski definition) is 2. The molecule has 29 heavy (non-hydrogen) atoms. The molecule has 0 atom stereocenters. The molecule has 2 fully saturated rings. The van der Waals surface area contributed by atoms with Gasteiger partial charge in [0.05, 0.1) is 6.33 Å². The zero-order valence-corrected chi connectivity index (χ0v) is 17.7. The largest absolute Gasteiger partial charge is 0.354 e. The Bertz CT molecular complexity index is 736. The van der Waals surface area contributed by atoms with E-state index in [1.807, 2.05) is 10.8 Å². The average molecular weight is 404 g/mol. The first-order valence-corrected chi connectivity index (χ1v) is 10.6. The summed E-state index contributed by atoms with van der Waals surface area (Å²) in [6, 6.07) is -0.447. The Morgan fingerprint density at radius 2 is 2.07 bits per heavy atom. The molecule has 1 saturated heterocycles. The third-order valence-electron chi connectivity index (χ3n) is 6.88. The molecule has 0 radical (unpaired) electrons. The highest BCUT2D eigenvalue weighted by Gasteiger charge is 2.53. The van der Waals surface area contributed by atoms with E-state index in [1.165, 1.54) is 0 Å². The summed E-state index contributed by atoms with van der Waals surface area (Å²) in [6.45, 7) is 7.76. The van der Waals surface area contributed by atoms with Gasteiger partial charge in [0, 0.05) is 25.5 Å². The third kappa shape index (κ3) is 4.62. The second-order valence-electron chi connectivity index (χ2n) is 9.02. The van der Waals surface area contributed by atoms with Crippen LogP contribution in [0.4, 0.5) is 4.79 Å². The number of imide groups is 1. The van der Waals surface area contributed by atoms with Crippen LogP contribution >= 0.6 is 0 Å². The Labute approximate surface area is 172 Å². The summed E-state index contributed by atoms with van der Waals surface area (Å²) < 4.78 is 1.93. The van der Waals surface area contributed by atoms with Crippen LogP contribution in [-0.2, 0) is 16.1 Å². The van der Waals surface area contributed by atoms with Gasteiger partial charge < -0.3 is 15.2 Å². The quantitative estimate of drug-likeness (QED) is 0.514. The number of rotatable bonds is 8. The summed E-state index contributed by atoms with van der Waals surface area (Å²) in [5.41, 5.74) is -0.581. The fourth-order valence-electron chi connectivity index (χ4n) is 4.45. The van der Waals surface area contributed by atoms with E-state index in [1.54, 1.807) is 12.5 Å². The number of carbonyl (C=O) groups excluding carboxylic acids is 3. The van der Waals surface area contributed by atoms with E-state index in [4.69, 9.17) is 0 Å². The van der Waals surface area contributed by atoms with E-state index in [9.17, 15) is 14.4 Å². The summed E-state index contributed by atoms with van der Waals surface area (Å²) in [5.74, 6) is -0.00326. The van der Waals surface area contributed by atoms with E-state index in [-0.39, 0.29) is 23.8 Å². The van der Waals surface area contributed by atoms with Crippen LogP contribution in [0.3, 0.4) is 0 Å². The standard InChI is InChI=1S/C21H33N5O3/c1-4-20(2,3)16-6-8-21(9-7-16)18(28)26(19(29)24-21)14-17(27)23-10-5-12-25-13-11-22-15-25/h11,13,15-16H,4-10,12,14H2,1-3H3,(H,23,27)(H,24,29). The second kappa shape index (κ2) is 8.55. The summed E-state index contributed by atoms with van der Waals surface area (Å²) in [6.07, 6.45) is 10.3. The zero-order chi connectivity index (χ0) is 21.1. The fraction of sp³-hybridized carbons (Fsp3) is 0.714. The maximum Gasteiger partial charge on any atom is 0.325 e. The van der Waals surface area contributed by atoms with Crippen molar-refractivity contribution in [2.45, 2.75) is 71.4 Å². The lowest BCUT2D eigenvalue weighted by molar-refractivity contribution is -0.136. The highest BCUT2D eigenvalue weighted by atomic mass is 16.2. The highest BCUT2D eigenvalue weighted by molar-refractivity contribution is 6.09. The molecule has 1 spiro atoms. The molecule has 160 valence electrons. The van der Waals surface area contributed by atoms with Crippen LogP contribution in [-0.4, -0.2) is 50.9 Å². The van der Waals surface area contributed by atoms with Gasteiger partial charge >= 0.3 is 6.03 Å². The molecule has 1 saturated carbocycles. The number of imidazole rings is 1. The van der Waals surface area contributed by atoms with E-state index in [0.717, 1.165) is 37.1 Å². The normalized spacial score (nSPS) is 24.8. The van der Waals surface area contributed by atoms with Crippen LogP contribution in [0.5, 0.6) is 0 Å². The molecular formula is C21H33N5O3. The Kier molecular flexibility index (Phi) is 6.29. The molecule has 0 aromatic carbocycles. The lowest BCUT2D eigenvalue weighted by atomic mass is 9.65. The van der Waals surface area contributed by atoms with Crippen molar-refractivity contribution in [3.8, 4) is 0 Å². The highest BCUT2D eigenvalue weighted by Crippen LogP contribution is 2.45. The lowest BCUT2D eigenvalue weighted by Crippen LogP contribution is -2.51. The molecule has 4 amide bonds. The predicted octanol–water partition coefficient (Wildman–Crippen LogP) is 2.31. The number of urea groups is 1. The van der Waals surface area contributed by atoms with Gasteiger partial charge in [-0.15, -0.1) is 0 Å². The maximum absolute atomic E-state index is 13.0. The first kappa shape index (κ1) is 21.3. The van der Waals surface area contributed by atoms with Gasteiger partial charge in [-0.3, -0.25) is 14.5 Å². The summed E-state index contributed by atoms with van der Waals surface area (Å²) in [4.78, 5) is 42.7. The van der Waals surface area contributed by atoms with Crippen LogP contribution in [0.2, 0.25) is 0 Å². The molecule has 2 aliphatic rings. The summed E-state index contributed by atoms with van der Waals surface area (Å²) in [7, 11) is 0. The number of nitrogens with one attached hydrogen (secondary N) is 2. The first-order chi connectivity index (χ1) is 13.8. The van der Waals surface area contributed by atoms with E-state index >= 15 is 0 Å². The zero-order valence-electron chi connectivity index (χ0n) is 17.7. The van der Waals surface area contributed by atoms with Gasteiger partial charge in [0.2, 0.25) is 5.91 Å². The van der Waals surface area contributed by atoms with Crippen molar-refractivity contribution < 1.29 is 14.4 Å². The molecule has 1 aliphatic heterocycles. The Hall–Kier alpha value is -2.38. The minimum atomic E-state index is -0.820. The number of aromatic nitrogens is 2. The number of nitrogens with zero attached hydrogens (tertiary/aromatic N) is 3. The van der Waals surface area contributed by atoms with E-state index < -0.39 is 11.6 Å². The van der Waals surface area contributed by atoms with Gasteiger partial charge in [-0.2, -0.15) is 0 Å². The van der Waals surface area contributed by atoms with Crippen LogP contribution in [0.15, 0.2) is 18.7 Å². The monoisotopic (exact) mass is 403 g/mol. The van der Waals surface area contributed by atoms with Gasteiger partial charge in [-0.05, 0) is 43.4 Å². The third-order valence-corrected chi connectivity index (χ3v) is 6.88. The van der Waals surface area contributed by atoms with Gasteiger partial charge in [0.25, 0.3) is 5.91 Å². The van der Waals surface area contributed by atoms with Gasteiger partial charge in [-0.1, -0.05) is 27.2 Å². The molecular weight excluding hydrogens is 370 g/mol. The number of aryl methyl sites for hydroxylation is 1. The molecule has 1 aliphatic carbocycles. The lowest BCUT2D eigenvalue weighted by Gasteiger charge is -2.42. The molecule has 8 nitrogen and oxygen atoms in total. The molecule has 2 N–H and O–H groups in total. The van der Waals surface area contributed by atoms with Gasteiger partial charge in [0.1, 0.15) is 12.1 Å². The van der Waals surface area contributed by atoms with Crippen LogP contribution in [0.25, 0.3) is 0 Å². The minimum absolute atomic E-state index is 0.221. The summed E-state index contributed by atoms with van der Waals surface area (Å²) >= 11 is 0. The van der Waals surface area contributed by atoms with Crippen molar-refractivity contribution in [3.05, 3.63) is 18.7 Å². The number of amides is 4. The predicted molar refractivity (Wildman–Crippen MR) is 109 cm³/mol. The second-order valence-corrected chi connectivity index (χ2v) is 9.02. The van der Waals surface area contributed by atoms with Crippen LogP contribution in [0, 0.1) is 11.3 Å². The number of carbonyl (C=O) groups is 3. The minimum Gasteiger partial charge on any atom is -0.354 e. The van der Waals surface area contributed by atoms with Crippen molar-refractivity contribution in [2.75, 3.05) is 13.1 Å². The smallest absolute Gasteiger partial charge is 0.325 e. The Balaban J connectivity index is 1.48. The van der Waals surface area contributed by atoms with Gasteiger partial charge in [-0.25, -0.2) is 9.78 Å². The van der Waals surface area contributed by atoms with Crippen LogP contribution < -0.4 is 10.6 Å². The Morgan fingerprint density at radius 3 is 2.69 bits per heavy atom. The molecule has 0 unspecified atom stereocenters. The fourth-order valence-corrected chi connectivity index (χ4v) is 4.45. The summed E-state index contributed by atoms with van der Waals surface area (Å²) in [5, 5.41) is 5.69. The van der Waals surface area contributed by atoms with Gasteiger partial charge in [0.15, 0.2) is 0 Å². The van der Waals surface area contributed by atoms with Crippen molar-refractivity contribution >= 4 is 17.8 Å². The van der Waals surface area contributed by atoms with E-state index in [0.29, 0.717) is 25.3 Å². The Morgan fingerprint density at radius 1 is 1.34 bits per heavy atom. The molecule has 1 aromatic rings. The molecule has 1 aromatic heterocycles. The number of hydrogen-bond acceptors (Lipinski definition) is 4. The average Bonchev–Trinajstić information content (AvgIpc) is 3.29. The van der Waals surface area contributed by atoms with Crippen molar-refractivity contribution in [3.63, 3.8) is 0 Å². The SMILES string of the molecule is CCC(C)(C)C1CCC2(CC1)NC(=O)N(CC(=O)NCCCn1ccnc1)C2=O. The molecule has 0 bridgehead atoms. The molecule has 3 rings (SSSR count).